The minimum atomic E-state index is 0.176. The summed E-state index contributed by atoms with van der Waals surface area (Å²) in [4.78, 5) is 2.26. The minimum Gasteiger partial charge on any atom is -0.481 e. The maximum Gasteiger partial charge on any atom is 0.208 e. The number of likely N-dealkylation sites (N-methyl/N-ethyl adjacent to an activating group) is 1. The van der Waals surface area contributed by atoms with Crippen molar-refractivity contribution >= 4 is 11.7 Å². The zero-order valence-electron chi connectivity index (χ0n) is 19.1. The van der Waals surface area contributed by atoms with E-state index in [0.717, 1.165) is 33.9 Å². The molecule has 0 spiro atoms. The van der Waals surface area contributed by atoms with Gasteiger partial charge in [-0.25, -0.2) is 0 Å². The highest BCUT2D eigenvalue weighted by Crippen LogP contribution is 2.41. The van der Waals surface area contributed by atoms with Gasteiger partial charge in [0.1, 0.15) is 11.5 Å². The van der Waals surface area contributed by atoms with Crippen LogP contribution in [0.1, 0.15) is 13.8 Å². The number of methoxy groups -OCH3 is 1. The molecule has 0 saturated heterocycles. The van der Waals surface area contributed by atoms with Crippen molar-refractivity contribution in [2.45, 2.75) is 25.9 Å². The molecule has 3 aromatic rings. The van der Waals surface area contributed by atoms with E-state index < -0.39 is 0 Å². The predicted octanol–water partition coefficient (Wildman–Crippen LogP) is 5.55. The van der Waals surface area contributed by atoms with Crippen molar-refractivity contribution in [3.8, 4) is 22.4 Å². The highest BCUT2D eigenvalue weighted by molar-refractivity contribution is 5.90. The Bertz CT molecular complexity index is 1150. The first-order chi connectivity index (χ1) is 15.5. The number of hydrogen-bond acceptors (Lipinski definition) is 4. The molecular formula is C27H30N4O. The summed E-state index contributed by atoms with van der Waals surface area (Å²) in [6.07, 6.45) is 6.39. The van der Waals surface area contributed by atoms with Gasteiger partial charge in [0.2, 0.25) is 5.88 Å². The standard InChI is InChI=1S/C27H30N4O/c1-6-13-23-18-24(28-23)19(2)30(4)27-25(21-14-9-7-10-15-21)26(22-16-11-8-12-17-22)29-31(27)20(3)32-5/h6-19,24,28H,3H2,1-2,4-5H3/b13-6-/t19-,24?/m0/s1. The number of nitrogens with zero attached hydrogens (tertiary/aromatic N) is 3. The smallest absolute Gasteiger partial charge is 0.208 e. The van der Waals surface area contributed by atoms with E-state index in [0.29, 0.717) is 5.88 Å². The topological polar surface area (TPSA) is 42.3 Å². The molecule has 0 radical (unpaired) electrons. The third kappa shape index (κ3) is 3.94. The van der Waals surface area contributed by atoms with Gasteiger partial charge < -0.3 is 15.0 Å². The fraction of sp³-hybridized carbons (Fsp3) is 0.222. The molecule has 5 heteroatoms. The summed E-state index contributed by atoms with van der Waals surface area (Å²) in [6.45, 7) is 8.36. The molecule has 2 heterocycles. The number of ether oxygens (including phenoxy) is 1. The normalized spacial score (nSPS) is 16.1. The van der Waals surface area contributed by atoms with Crippen LogP contribution in [0.5, 0.6) is 0 Å². The van der Waals surface area contributed by atoms with E-state index in [1.807, 2.05) is 41.9 Å². The van der Waals surface area contributed by atoms with E-state index >= 15 is 0 Å². The van der Waals surface area contributed by atoms with Crippen LogP contribution < -0.4 is 10.2 Å². The summed E-state index contributed by atoms with van der Waals surface area (Å²) >= 11 is 0. The van der Waals surface area contributed by atoms with Gasteiger partial charge in [0.25, 0.3) is 0 Å². The number of allylic oxidation sites excluding steroid dienone is 2. The van der Waals surface area contributed by atoms with E-state index in [9.17, 15) is 0 Å². The lowest BCUT2D eigenvalue weighted by Crippen LogP contribution is -2.51. The molecule has 1 aliphatic heterocycles. The van der Waals surface area contributed by atoms with Gasteiger partial charge in [0.15, 0.2) is 0 Å². The molecule has 2 aromatic carbocycles. The van der Waals surface area contributed by atoms with Crippen LogP contribution in [0.25, 0.3) is 28.3 Å². The Labute approximate surface area is 190 Å². The number of nitrogens with one attached hydrogen (secondary N) is 1. The fourth-order valence-corrected chi connectivity index (χ4v) is 4.02. The zero-order chi connectivity index (χ0) is 22.7. The van der Waals surface area contributed by atoms with Crippen LogP contribution in [-0.2, 0) is 4.74 Å². The first-order valence-corrected chi connectivity index (χ1v) is 10.9. The van der Waals surface area contributed by atoms with Gasteiger partial charge in [-0.1, -0.05) is 66.7 Å². The van der Waals surface area contributed by atoms with Crippen molar-refractivity contribution < 1.29 is 4.74 Å². The van der Waals surface area contributed by atoms with E-state index in [1.165, 1.54) is 0 Å². The van der Waals surface area contributed by atoms with Crippen molar-refractivity contribution in [1.82, 2.24) is 15.1 Å². The minimum absolute atomic E-state index is 0.176. The summed E-state index contributed by atoms with van der Waals surface area (Å²) in [5, 5.41) is 8.52. The largest absolute Gasteiger partial charge is 0.481 e. The lowest BCUT2D eigenvalue weighted by molar-refractivity contribution is 0.338. The number of rotatable bonds is 8. The molecule has 0 fully saturated rings. The fourth-order valence-electron chi connectivity index (χ4n) is 4.02. The van der Waals surface area contributed by atoms with Crippen LogP contribution in [0.2, 0.25) is 0 Å². The van der Waals surface area contributed by atoms with Crippen LogP contribution >= 0.6 is 0 Å². The summed E-state index contributed by atoms with van der Waals surface area (Å²) in [7, 11) is 3.73. The van der Waals surface area contributed by atoms with Gasteiger partial charge in [0, 0.05) is 18.3 Å². The second-order valence-electron chi connectivity index (χ2n) is 7.93. The van der Waals surface area contributed by atoms with Gasteiger partial charge in [-0.3, -0.25) is 0 Å². The molecule has 0 bridgehead atoms. The molecule has 2 atom stereocenters. The molecule has 1 unspecified atom stereocenters. The molecule has 164 valence electrons. The molecule has 0 amide bonds. The van der Waals surface area contributed by atoms with Gasteiger partial charge in [0.05, 0.1) is 24.8 Å². The van der Waals surface area contributed by atoms with Crippen molar-refractivity contribution in [2.24, 2.45) is 0 Å². The monoisotopic (exact) mass is 426 g/mol. The van der Waals surface area contributed by atoms with Crippen molar-refractivity contribution in [3.63, 3.8) is 0 Å². The van der Waals surface area contributed by atoms with E-state index in [-0.39, 0.29) is 12.1 Å². The summed E-state index contributed by atoms with van der Waals surface area (Å²) in [5.74, 6) is 1.43. The molecule has 32 heavy (non-hydrogen) atoms. The van der Waals surface area contributed by atoms with Crippen molar-refractivity contribution in [3.05, 3.63) is 91.2 Å². The van der Waals surface area contributed by atoms with Crippen LogP contribution in [-0.4, -0.2) is 36.0 Å². The Balaban J connectivity index is 1.88. The maximum absolute atomic E-state index is 5.54. The Morgan fingerprint density at radius 2 is 1.72 bits per heavy atom. The highest BCUT2D eigenvalue weighted by Gasteiger charge is 2.31. The van der Waals surface area contributed by atoms with Gasteiger partial charge >= 0.3 is 0 Å². The van der Waals surface area contributed by atoms with Gasteiger partial charge in [-0.05, 0) is 38.1 Å². The third-order valence-electron chi connectivity index (χ3n) is 5.95. The molecule has 4 rings (SSSR count). The van der Waals surface area contributed by atoms with E-state index in [1.54, 1.807) is 7.11 Å². The van der Waals surface area contributed by atoms with Gasteiger partial charge in [-0.15, -0.1) is 0 Å². The summed E-state index contributed by atoms with van der Waals surface area (Å²) in [6, 6.07) is 21.0. The summed E-state index contributed by atoms with van der Waals surface area (Å²) in [5.41, 5.74) is 5.26. The summed E-state index contributed by atoms with van der Waals surface area (Å²) < 4.78 is 7.36. The maximum atomic E-state index is 5.54. The quantitative estimate of drug-likeness (QED) is 0.480. The van der Waals surface area contributed by atoms with E-state index in [4.69, 9.17) is 9.84 Å². The number of benzene rings is 2. The molecule has 1 N–H and O–H groups in total. The van der Waals surface area contributed by atoms with Crippen LogP contribution in [0.4, 0.5) is 5.82 Å². The molecule has 1 aliphatic rings. The average Bonchev–Trinajstić information content (AvgIpc) is 3.21. The van der Waals surface area contributed by atoms with Crippen molar-refractivity contribution in [1.29, 1.82) is 0 Å². The van der Waals surface area contributed by atoms with Crippen LogP contribution in [0.15, 0.2) is 91.2 Å². The van der Waals surface area contributed by atoms with Crippen LogP contribution in [0, 0.1) is 0 Å². The number of anilines is 1. The Morgan fingerprint density at radius 3 is 2.28 bits per heavy atom. The Hall–Kier alpha value is -3.73. The molecule has 5 nitrogen and oxygen atoms in total. The molecule has 0 aliphatic carbocycles. The zero-order valence-corrected chi connectivity index (χ0v) is 19.1. The van der Waals surface area contributed by atoms with E-state index in [2.05, 4.69) is 79.3 Å². The molecule has 0 saturated carbocycles. The first-order valence-electron chi connectivity index (χ1n) is 10.9. The lowest BCUT2D eigenvalue weighted by atomic mass is 9.97. The highest BCUT2D eigenvalue weighted by atomic mass is 16.5. The van der Waals surface area contributed by atoms with Crippen LogP contribution in [0.3, 0.4) is 0 Å². The van der Waals surface area contributed by atoms with Gasteiger partial charge in [-0.2, -0.15) is 9.78 Å². The number of aromatic nitrogens is 2. The van der Waals surface area contributed by atoms with Crippen molar-refractivity contribution in [2.75, 3.05) is 19.1 Å². The molecule has 1 aromatic heterocycles. The average molecular weight is 427 g/mol. The predicted molar refractivity (Wildman–Crippen MR) is 133 cm³/mol. The number of hydrogen-bond donors (Lipinski definition) is 1. The SMILES string of the molecule is C=C(OC)n1nc(-c2ccccc2)c(-c2ccccc2)c1N(C)[C@@H](C)C1C=C(/C=C\C)N1. The third-order valence-corrected chi connectivity index (χ3v) is 5.95. The first kappa shape index (κ1) is 21.5. The lowest BCUT2D eigenvalue weighted by Gasteiger charge is -2.38. The Morgan fingerprint density at radius 1 is 1.12 bits per heavy atom. The molecular weight excluding hydrogens is 396 g/mol. The Kier molecular flexibility index (Phi) is 6.17. The second-order valence-corrected chi connectivity index (χ2v) is 7.93. The second kappa shape index (κ2) is 9.18.